The molecule has 2 heteroatoms. The quantitative estimate of drug-likeness (QED) is 0.257. The van der Waals surface area contributed by atoms with E-state index in [1.165, 1.54) is 55.8 Å². The normalized spacial score (nSPS) is 21.1. The first-order chi connectivity index (χ1) is 18.2. The Bertz CT molecular complexity index is 1670. The summed E-state index contributed by atoms with van der Waals surface area (Å²) in [5.41, 5.74) is 10.6. The van der Waals surface area contributed by atoms with Gasteiger partial charge in [-0.25, -0.2) is 0 Å². The molecule has 4 aromatic rings. The van der Waals surface area contributed by atoms with Gasteiger partial charge in [-0.3, -0.25) is 0 Å². The first-order valence-corrected chi connectivity index (χ1v) is 13.6. The molecule has 0 aromatic heterocycles. The lowest BCUT2D eigenvalue weighted by Gasteiger charge is -2.29. The third-order valence-corrected chi connectivity index (χ3v) is 8.83. The molecule has 0 aliphatic carbocycles. The van der Waals surface area contributed by atoms with E-state index in [1.54, 1.807) is 0 Å². The Morgan fingerprint density at radius 1 is 0.868 bits per heavy atom. The topological polar surface area (TPSA) is 6.25 Å². The van der Waals surface area contributed by atoms with Gasteiger partial charge in [0.25, 0.3) is 0 Å². The van der Waals surface area contributed by atoms with Gasteiger partial charge in [-0.05, 0) is 74.2 Å². The van der Waals surface area contributed by atoms with E-state index in [1.807, 2.05) is 0 Å². The molecule has 0 N–H and O–H groups in total. The summed E-state index contributed by atoms with van der Waals surface area (Å²) in [5.74, 6) is 0. The summed E-state index contributed by atoms with van der Waals surface area (Å²) in [4.78, 5) is 2.38. The van der Waals surface area contributed by atoms with Crippen LogP contribution in [0.25, 0.3) is 10.8 Å². The van der Waals surface area contributed by atoms with Crippen molar-refractivity contribution in [3.05, 3.63) is 131 Å². The van der Waals surface area contributed by atoms with Crippen LogP contribution in [0.1, 0.15) is 43.0 Å². The van der Waals surface area contributed by atoms with Crippen molar-refractivity contribution in [1.29, 1.82) is 0 Å². The fourth-order valence-electron chi connectivity index (χ4n) is 7.01. The van der Waals surface area contributed by atoms with E-state index in [4.69, 9.17) is 0 Å². The van der Waals surface area contributed by atoms with E-state index in [0.717, 1.165) is 6.42 Å². The van der Waals surface area contributed by atoms with Crippen LogP contribution in [-0.4, -0.2) is 24.4 Å². The van der Waals surface area contributed by atoms with Crippen molar-refractivity contribution in [2.45, 2.75) is 44.9 Å². The third kappa shape index (κ3) is 3.66. The van der Waals surface area contributed by atoms with Gasteiger partial charge >= 0.3 is 0 Å². The van der Waals surface area contributed by atoms with Crippen molar-refractivity contribution in [3.63, 3.8) is 0 Å². The number of hydrogen-bond donors (Lipinski definition) is 0. The van der Waals surface area contributed by atoms with Gasteiger partial charge in [0.15, 0.2) is 5.71 Å². The number of nitrogens with zero attached hydrogens (tertiary/aromatic N) is 2. The molecule has 0 saturated heterocycles. The van der Waals surface area contributed by atoms with Crippen molar-refractivity contribution < 1.29 is 4.58 Å². The zero-order valence-electron chi connectivity index (χ0n) is 23.4. The number of likely N-dealkylation sites (N-methyl/N-ethyl adjacent to an activating group) is 1. The first-order valence-electron chi connectivity index (χ1n) is 13.6. The Morgan fingerprint density at radius 2 is 1.63 bits per heavy atom. The number of anilines is 1. The van der Waals surface area contributed by atoms with Crippen molar-refractivity contribution in [1.82, 2.24) is 0 Å². The summed E-state index contributed by atoms with van der Waals surface area (Å²) in [7, 11) is 4.41. The molecule has 0 saturated carbocycles. The highest BCUT2D eigenvalue weighted by atomic mass is 15.2. The van der Waals surface area contributed by atoms with Gasteiger partial charge < -0.3 is 4.90 Å². The summed E-state index contributed by atoms with van der Waals surface area (Å²) in [6, 6.07) is 31.1. The number of benzene rings is 4. The molecule has 0 spiro atoms. The number of para-hydroxylation sites is 1. The van der Waals surface area contributed by atoms with Crippen LogP contribution >= 0.6 is 0 Å². The zero-order chi connectivity index (χ0) is 26.7. The average molecular weight is 498 g/mol. The highest BCUT2D eigenvalue weighted by molar-refractivity contribution is 6.07. The number of fused-ring (bicyclic) bond motifs is 4. The predicted molar refractivity (Wildman–Crippen MR) is 162 cm³/mol. The molecule has 0 amide bonds. The van der Waals surface area contributed by atoms with Gasteiger partial charge in [-0.2, -0.15) is 4.58 Å². The summed E-state index contributed by atoms with van der Waals surface area (Å²) in [6.07, 6.45) is 7.91. The summed E-state index contributed by atoms with van der Waals surface area (Å²) in [5, 5.41) is 2.65. The lowest BCUT2D eigenvalue weighted by molar-refractivity contribution is -0.401. The molecular formula is C36H37N2+. The molecular weight excluding hydrogens is 460 g/mol. The van der Waals surface area contributed by atoms with Crippen molar-refractivity contribution >= 4 is 27.9 Å². The molecule has 2 nitrogen and oxygen atoms in total. The number of allylic oxidation sites excluding steroid dienone is 4. The van der Waals surface area contributed by atoms with E-state index in [0.29, 0.717) is 0 Å². The molecule has 0 bridgehead atoms. The van der Waals surface area contributed by atoms with Crippen LogP contribution in [-0.2, 0) is 17.3 Å². The van der Waals surface area contributed by atoms with Gasteiger partial charge in [-0.15, -0.1) is 0 Å². The Kier molecular flexibility index (Phi) is 5.68. The first kappa shape index (κ1) is 24.4. The van der Waals surface area contributed by atoms with Gasteiger partial charge in [0.2, 0.25) is 5.69 Å². The van der Waals surface area contributed by atoms with Crippen LogP contribution in [0.3, 0.4) is 0 Å². The molecule has 2 aliphatic heterocycles. The zero-order valence-corrected chi connectivity index (χ0v) is 23.4. The van der Waals surface area contributed by atoms with E-state index in [9.17, 15) is 0 Å². The second-order valence-electron chi connectivity index (χ2n) is 11.7. The predicted octanol–water partition coefficient (Wildman–Crippen LogP) is 8.24. The van der Waals surface area contributed by atoms with Crippen LogP contribution < -0.4 is 4.90 Å². The number of hydrogen-bond acceptors (Lipinski definition) is 1. The second kappa shape index (κ2) is 8.84. The monoisotopic (exact) mass is 497 g/mol. The van der Waals surface area contributed by atoms with E-state index >= 15 is 0 Å². The van der Waals surface area contributed by atoms with Crippen LogP contribution in [0, 0.1) is 6.92 Å². The SMILES string of the molecule is Cc1cccc(CC2(C)C(=CC=CC3=[N+](C)c4ccc5ccccc5c4C3(C)C)N(C)c3ccccc32)c1. The fourth-order valence-corrected chi connectivity index (χ4v) is 7.01. The lowest BCUT2D eigenvalue weighted by atomic mass is 9.76. The average Bonchev–Trinajstić information content (AvgIpc) is 3.23. The van der Waals surface area contributed by atoms with Gasteiger partial charge in [0.05, 0.1) is 5.41 Å². The van der Waals surface area contributed by atoms with Crippen molar-refractivity contribution in [2.24, 2.45) is 0 Å². The Labute approximate surface area is 227 Å². The molecule has 38 heavy (non-hydrogen) atoms. The minimum absolute atomic E-state index is 0.0879. The molecule has 1 unspecified atom stereocenters. The van der Waals surface area contributed by atoms with E-state index < -0.39 is 0 Å². The summed E-state index contributed by atoms with van der Waals surface area (Å²) >= 11 is 0. The molecule has 190 valence electrons. The fraction of sp³-hybridized carbons (Fsp3) is 0.250. The Morgan fingerprint density at radius 3 is 2.45 bits per heavy atom. The van der Waals surface area contributed by atoms with E-state index in [-0.39, 0.29) is 10.8 Å². The highest BCUT2D eigenvalue weighted by Gasteiger charge is 2.45. The Hall–Kier alpha value is -3.91. The maximum Gasteiger partial charge on any atom is 0.210 e. The molecule has 2 aliphatic rings. The number of aryl methyl sites for hydroxylation is 1. The third-order valence-electron chi connectivity index (χ3n) is 8.83. The number of rotatable bonds is 4. The maximum atomic E-state index is 2.40. The van der Waals surface area contributed by atoms with Gasteiger partial charge in [0, 0.05) is 41.6 Å². The molecule has 6 rings (SSSR count). The molecule has 4 aromatic carbocycles. The minimum atomic E-state index is -0.107. The maximum absolute atomic E-state index is 2.40. The molecule has 0 fully saturated rings. The smallest absolute Gasteiger partial charge is 0.210 e. The summed E-state index contributed by atoms with van der Waals surface area (Å²) < 4.78 is 2.37. The van der Waals surface area contributed by atoms with Crippen LogP contribution in [0.15, 0.2) is 109 Å². The molecule has 0 radical (unpaired) electrons. The molecule has 2 heterocycles. The summed E-state index contributed by atoms with van der Waals surface area (Å²) in [6.45, 7) is 9.29. The van der Waals surface area contributed by atoms with Crippen molar-refractivity contribution in [3.8, 4) is 0 Å². The largest absolute Gasteiger partial charge is 0.347 e. The van der Waals surface area contributed by atoms with Crippen LogP contribution in [0.2, 0.25) is 0 Å². The van der Waals surface area contributed by atoms with Gasteiger partial charge in [-0.1, -0.05) is 78.4 Å². The lowest BCUT2D eigenvalue weighted by Crippen LogP contribution is -2.29. The van der Waals surface area contributed by atoms with Gasteiger partial charge in [0.1, 0.15) is 7.05 Å². The van der Waals surface area contributed by atoms with Crippen LogP contribution in [0.5, 0.6) is 0 Å². The second-order valence-corrected chi connectivity index (χ2v) is 11.7. The minimum Gasteiger partial charge on any atom is -0.347 e. The highest BCUT2D eigenvalue weighted by Crippen LogP contribution is 2.49. The Balaban J connectivity index is 1.41. The van der Waals surface area contributed by atoms with Crippen molar-refractivity contribution in [2.75, 3.05) is 19.0 Å². The molecule has 1 atom stereocenters. The van der Waals surface area contributed by atoms with E-state index in [2.05, 4.69) is 154 Å². The van der Waals surface area contributed by atoms with Crippen LogP contribution in [0.4, 0.5) is 11.4 Å². The standard InChI is InChI=1S/C36H37N2/c1-25-13-11-14-26(23-25)24-36(4)29-17-9-10-18-30(29)37(5)33(36)20-12-19-32-35(2,3)34-28-16-8-7-15-27(28)21-22-31(34)38(32)6/h7-23H,24H2,1-6H3/q+1.